The number of hydrogen-bond donors (Lipinski definition) is 1. The van der Waals surface area contributed by atoms with Gasteiger partial charge >= 0.3 is 0 Å². The second-order valence-electron chi connectivity index (χ2n) is 4.69. The predicted octanol–water partition coefficient (Wildman–Crippen LogP) is 3.69. The van der Waals surface area contributed by atoms with Gasteiger partial charge in [0.1, 0.15) is 0 Å². The van der Waals surface area contributed by atoms with E-state index in [2.05, 4.69) is 33.4 Å². The molecule has 1 N–H and O–H groups in total. The minimum absolute atomic E-state index is 0.209. The van der Waals surface area contributed by atoms with Crippen LogP contribution in [0.3, 0.4) is 0 Å². The van der Waals surface area contributed by atoms with E-state index in [9.17, 15) is 0 Å². The molecule has 0 atom stereocenters. The Kier molecular flexibility index (Phi) is 6.61. The Morgan fingerprint density at radius 2 is 2.00 bits per heavy atom. The maximum atomic E-state index is 8.68. The lowest BCUT2D eigenvalue weighted by Crippen LogP contribution is -2.08. The molecule has 0 saturated carbocycles. The molecule has 0 bridgehead atoms. The Morgan fingerprint density at radius 1 is 1.36 bits per heavy atom. The number of hydrogen-bond acceptors (Lipinski definition) is 1. The van der Waals surface area contributed by atoms with Crippen LogP contribution in [0, 0.1) is 5.41 Å². The predicted molar refractivity (Wildman–Crippen MR) is 62.3 cm³/mol. The first-order chi connectivity index (χ1) is 6.52. The van der Waals surface area contributed by atoms with Crippen LogP contribution in [-0.4, -0.2) is 11.7 Å². The van der Waals surface area contributed by atoms with E-state index in [4.69, 9.17) is 5.11 Å². The van der Waals surface area contributed by atoms with Crippen molar-refractivity contribution in [2.24, 2.45) is 5.41 Å². The first-order valence-electron chi connectivity index (χ1n) is 5.57. The first kappa shape index (κ1) is 13.5. The van der Waals surface area contributed by atoms with Crippen LogP contribution in [0.25, 0.3) is 0 Å². The van der Waals surface area contributed by atoms with Crippen LogP contribution in [0.2, 0.25) is 0 Å². The normalized spacial score (nSPS) is 10.9. The van der Waals surface area contributed by atoms with E-state index in [0.29, 0.717) is 6.42 Å². The Bertz CT molecular complexity index is 202. The fraction of sp³-hybridized carbons (Fsp3) is 0.769. The molecule has 0 aliphatic rings. The van der Waals surface area contributed by atoms with E-state index in [1.807, 2.05) is 6.08 Å². The zero-order chi connectivity index (χ0) is 11.0. The molecule has 0 saturated heterocycles. The molecule has 82 valence electrons. The van der Waals surface area contributed by atoms with E-state index >= 15 is 0 Å². The number of unbranched alkanes of at least 4 members (excludes halogenated alkanes) is 1. The molecule has 0 fully saturated rings. The molecular formula is C13H24O. The van der Waals surface area contributed by atoms with E-state index in [1.54, 1.807) is 0 Å². The molecule has 1 nitrogen and oxygen atoms in total. The molecular weight excluding hydrogens is 172 g/mol. The quantitative estimate of drug-likeness (QED) is 0.665. The maximum Gasteiger partial charge on any atom is 0.0471 e. The lowest BCUT2D eigenvalue weighted by atomic mass is 9.84. The third-order valence-corrected chi connectivity index (χ3v) is 2.24. The summed E-state index contributed by atoms with van der Waals surface area (Å²) in [4.78, 5) is 0. The summed E-state index contributed by atoms with van der Waals surface area (Å²) in [5.74, 6) is 0. The van der Waals surface area contributed by atoms with Gasteiger partial charge in [-0.3, -0.25) is 0 Å². The highest BCUT2D eigenvalue weighted by atomic mass is 16.2. The summed E-state index contributed by atoms with van der Waals surface area (Å²) in [5, 5.41) is 8.68. The van der Waals surface area contributed by atoms with E-state index in [1.165, 1.54) is 18.4 Å². The Balaban J connectivity index is 4.47. The molecule has 14 heavy (non-hydrogen) atoms. The Hall–Kier alpha value is -0.520. The van der Waals surface area contributed by atoms with Crippen LogP contribution in [0.15, 0.2) is 17.4 Å². The van der Waals surface area contributed by atoms with Crippen molar-refractivity contribution in [3.8, 4) is 0 Å². The van der Waals surface area contributed by atoms with Gasteiger partial charge < -0.3 is 5.11 Å². The summed E-state index contributed by atoms with van der Waals surface area (Å²) in [6.07, 6.45) is 6.25. The van der Waals surface area contributed by atoms with Gasteiger partial charge in [0, 0.05) is 6.61 Å². The van der Waals surface area contributed by atoms with Gasteiger partial charge in [0.2, 0.25) is 0 Å². The van der Waals surface area contributed by atoms with Crippen molar-refractivity contribution >= 4 is 0 Å². The van der Waals surface area contributed by atoms with Gasteiger partial charge in [-0.1, -0.05) is 34.1 Å². The average molecular weight is 196 g/mol. The van der Waals surface area contributed by atoms with Crippen LogP contribution in [0.5, 0.6) is 0 Å². The summed E-state index contributed by atoms with van der Waals surface area (Å²) in [5.41, 5.74) is 4.90. The monoisotopic (exact) mass is 196 g/mol. The number of aliphatic hydroxyl groups is 1. The summed E-state index contributed by atoms with van der Waals surface area (Å²) < 4.78 is 0. The molecule has 0 unspecified atom stereocenters. The van der Waals surface area contributed by atoms with Crippen molar-refractivity contribution in [3.05, 3.63) is 17.4 Å². The van der Waals surface area contributed by atoms with E-state index < -0.39 is 0 Å². The molecule has 0 aromatic carbocycles. The highest BCUT2D eigenvalue weighted by molar-refractivity contribution is 5.10. The molecule has 0 heterocycles. The zero-order valence-corrected chi connectivity index (χ0v) is 10.1. The minimum atomic E-state index is 0.209. The summed E-state index contributed by atoms with van der Waals surface area (Å²) >= 11 is 0. The number of aliphatic hydroxyl groups excluding tert-OH is 1. The van der Waals surface area contributed by atoms with Crippen molar-refractivity contribution in [1.29, 1.82) is 0 Å². The van der Waals surface area contributed by atoms with Crippen LogP contribution in [0.1, 0.15) is 53.4 Å². The molecule has 0 amide bonds. The number of rotatable bonds is 5. The van der Waals surface area contributed by atoms with Crippen LogP contribution < -0.4 is 0 Å². The summed E-state index contributed by atoms with van der Waals surface area (Å²) in [6, 6.07) is 0. The standard InChI is InChI=1S/C13H24O/c1-5-6-9-12(13(2,3)4)10-7-8-11-14/h7,14H,5-6,8-9,11H2,1-4H3. The van der Waals surface area contributed by atoms with Crippen LogP contribution in [0.4, 0.5) is 0 Å². The second kappa shape index (κ2) is 6.86. The maximum absolute atomic E-state index is 8.68. The van der Waals surface area contributed by atoms with Crippen molar-refractivity contribution in [1.82, 2.24) is 0 Å². The van der Waals surface area contributed by atoms with Crippen molar-refractivity contribution in [2.75, 3.05) is 6.61 Å². The molecule has 0 aliphatic carbocycles. The molecule has 0 aromatic rings. The SMILES string of the molecule is CCCCC(=C=CCCO)C(C)(C)C. The average Bonchev–Trinajstić information content (AvgIpc) is 2.09. The van der Waals surface area contributed by atoms with E-state index in [0.717, 1.165) is 6.42 Å². The second-order valence-corrected chi connectivity index (χ2v) is 4.69. The topological polar surface area (TPSA) is 20.2 Å². The van der Waals surface area contributed by atoms with Gasteiger partial charge in [-0.05, 0) is 36.3 Å². The Labute approximate surface area is 88.5 Å². The molecule has 1 heteroatoms. The molecule has 0 spiro atoms. The van der Waals surface area contributed by atoms with Gasteiger partial charge in [0.25, 0.3) is 0 Å². The lowest BCUT2D eigenvalue weighted by Gasteiger charge is -2.20. The van der Waals surface area contributed by atoms with Crippen molar-refractivity contribution in [3.63, 3.8) is 0 Å². The Morgan fingerprint density at radius 3 is 2.43 bits per heavy atom. The molecule has 0 aromatic heterocycles. The summed E-state index contributed by atoms with van der Waals surface area (Å²) in [7, 11) is 0. The van der Waals surface area contributed by atoms with Gasteiger partial charge in [0.05, 0.1) is 0 Å². The zero-order valence-electron chi connectivity index (χ0n) is 10.1. The fourth-order valence-electron chi connectivity index (χ4n) is 1.28. The van der Waals surface area contributed by atoms with Crippen molar-refractivity contribution < 1.29 is 5.11 Å². The van der Waals surface area contributed by atoms with Crippen LogP contribution in [-0.2, 0) is 0 Å². The van der Waals surface area contributed by atoms with Gasteiger partial charge in [0.15, 0.2) is 0 Å². The third-order valence-electron chi connectivity index (χ3n) is 2.24. The molecule has 0 rings (SSSR count). The highest BCUT2D eigenvalue weighted by Gasteiger charge is 2.15. The van der Waals surface area contributed by atoms with E-state index in [-0.39, 0.29) is 12.0 Å². The lowest BCUT2D eigenvalue weighted by molar-refractivity contribution is 0.302. The smallest absolute Gasteiger partial charge is 0.0471 e. The third kappa shape index (κ3) is 6.01. The van der Waals surface area contributed by atoms with Crippen molar-refractivity contribution in [2.45, 2.75) is 53.4 Å². The largest absolute Gasteiger partial charge is 0.396 e. The van der Waals surface area contributed by atoms with Gasteiger partial charge in [-0.2, -0.15) is 0 Å². The summed E-state index contributed by atoms with van der Waals surface area (Å²) in [6.45, 7) is 9.09. The van der Waals surface area contributed by atoms with Crippen LogP contribution >= 0.6 is 0 Å². The molecule has 0 radical (unpaired) electrons. The first-order valence-corrected chi connectivity index (χ1v) is 5.57. The fourth-order valence-corrected chi connectivity index (χ4v) is 1.28. The van der Waals surface area contributed by atoms with Gasteiger partial charge in [-0.25, -0.2) is 0 Å². The van der Waals surface area contributed by atoms with Gasteiger partial charge in [-0.15, -0.1) is 5.73 Å². The minimum Gasteiger partial charge on any atom is -0.396 e. The highest BCUT2D eigenvalue weighted by Crippen LogP contribution is 2.28. The molecule has 0 aliphatic heterocycles.